The average molecular weight is 515 g/mol. The van der Waals surface area contributed by atoms with E-state index in [9.17, 15) is 13.6 Å². The van der Waals surface area contributed by atoms with Crippen LogP contribution < -0.4 is 5.32 Å². The Hall–Kier alpha value is -3.58. The van der Waals surface area contributed by atoms with Crippen molar-refractivity contribution in [3.05, 3.63) is 90.4 Å². The smallest absolute Gasteiger partial charge is 0.272 e. The van der Waals surface area contributed by atoms with Crippen LogP contribution in [0, 0.1) is 0 Å². The van der Waals surface area contributed by atoms with Gasteiger partial charge < -0.3 is 9.88 Å². The fourth-order valence-corrected chi connectivity index (χ4v) is 6.04. The highest BCUT2D eigenvalue weighted by molar-refractivity contribution is 5.91. The minimum Gasteiger partial charge on any atom is -0.326 e. The highest BCUT2D eigenvalue weighted by Crippen LogP contribution is 2.41. The lowest BCUT2D eigenvalue weighted by Gasteiger charge is -2.46. The van der Waals surface area contributed by atoms with E-state index in [2.05, 4.69) is 45.3 Å². The number of aryl methyl sites for hydroxylation is 1. The van der Waals surface area contributed by atoms with Crippen molar-refractivity contribution in [1.82, 2.24) is 14.5 Å². The maximum atomic E-state index is 13.3. The monoisotopic (exact) mass is 514 g/mol. The molecule has 0 bridgehead atoms. The molecule has 0 atom stereocenters. The second-order valence-electron chi connectivity index (χ2n) is 10.7. The molecule has 1 aliphatic heterocycles. The predicted octanol–water partition coefficient (Wildman–Crippen LogP) is 6.57. The predicted molar refractivity (Wildman–Crippen MR) is 146 cm³/mol. The van der Waals surface area contributed by atoms with Crippen molar-refractivity contribution >= 4 is 22.5 Å². The summed E-state index contributed by atoms with van der Waals surface area (Å²) in [6.07, 6.45) is 10.8. The van der Waals surface area contributed by atoms with Gasteiger partial charge in [-0.05, 0) is 85.5 Å². The molecule has 0 spiro atoms. The van der Waals surface area contributed by atoms with Crippen LogP contribution in [0.3, 0.4) is 0 Å². The Morgan fingerprint density at radius 2 is 1.74 bits per heavy atom. The van der Waals surface area contributed by atoms with Crippen molar-refractivity contribution in [3.8, 4) is 5.69 Å². The van der Waals surface area contributed by atoms with Crippen molar-refractivity contribution in [1.29, 1.82) is 0 Å². The number of amides is 1. The molecule has 2 aromatic heterocycles. The van der Waals surface area contributed by atoms with Crippen LogP contribution in [0.1, 0.15) is 49.1 Å². The highest BCUT2D eigenvalue weighted by atomic mass is 19.3. The van der Waals surface area contributed by atoms with E-state index in [4.69, 9.17) is 0 Å². The molecule has 2 aliphatic rings. The summed E-state index contributed by atoms with van der Waals surface area (Å²) in [7, 11) is 0. The summed E-state index contributed by atoms with van der Waals surface area (Å²) in [5.74, 6) is -2.09. The normalized spacial score (nSPS) is 21.2. The number of hydrogen-bond acceptors (Lipinski definition) is 3. The Labute approximate surface area is 221 Å². The first-order chi connectivity index (χ1) is 18.4. The van der Waals surface area contributed by atoms with Gasteiger partial charge in [0, 0.05) is 47.8 Å². The third kappa shape index (κ3) is 5.20. The van der Waals surface area contributed by atoms with Gasteiger partial charge in [-0.25, -0.2) is 8.78 Å². The van der Waals surface area contributed by atoms with Crippen molar-refractivity contribution < 1.29 is 13.6 Å². The Kier molecular flexibility index (Phi) is 6.70. The Morgan fingerprint density at radius 1 is 0.974 bits per heavy atom. The van der Waals surface area contributed by atoms with Crippen LogP contribution in [0.2, 0.25) is 0 Å². The van der Waals surface area contributed by atoms with Crippen molar-refractivity contribution in [3.63, 3.8) is 0 Å². The summed E-state index contributed by atoms with van der Waals surface area (Å²) >= 11 is 0. The highest BCUT2D eigenvalue weighted by Gasteiger charge is 2.47. The number of rotatable bonds is 7. The summed E-state index contributed by atoms with van der Waals surface area (Å²) in [4.78, 5) is 18.5. The summed E-state index contributed by atoms with van der Waals surface area (Å²) < 4.78 is 28.9. The van der Waals surface area contributed by atoms with Gasteiger partial charge in [-0.3, -0.25) is 14.7 Å². The van der Waals surface area contributed by atoms with Gasteiger partial charge in [0.1, 0.15) is 0 Å². The summed E-state index contributed by atoms with van der Waals surface area (Å²) in [5, 5.41) is 4.24. The van der Waals surface area contributed by atoms with E-state index >= 15 is 0 Å². The molecular weight excluding hydrogens is 482 g/mol. The largest absolute Gasteiger partial charge is 0.326 e. The number of alkyl halides is 2. The zero-order chi connectivity index (χ0) is 26.1. The van der Waals surface area contributed by atoms with E-state index in [1.165, 1.54) is 10.9 Å². The van der Waals surface area contributed by atoms with Gasteiger partial charge in [-0.15, -0.1) is 0 Å². The number of anilines is 1. The quantitative estimate of drug-likeness (QED) is 0.303. The van der Waals surface area contributed by atoms with Gasteiger partial charge >= 0.3 is 0 Å². The van der Waals surface area contributed by atoms with Crippen molar-refractivity contribution in [2.24, 2.45) is 0 Å². The first kappa shape index (κ1) is 24.7. The maximum absolute atomic E-state index is 13.3. The molecule has 2 aromatic carbocycles. The van der Waals surface area contributed by atoms with E-state index in [-0.39, 0.29) is 25.0 Å². The van der Waals surface area contributed by atoms with Crippen molar-refractivity contribution in [2.45, 2.75) is 56.4 Å². The molecule has 1 aliphatic carbocycles. The molecule has 196 valence electrons. The van der Waals surface area contributed by atoms with Crippen LogP contribution in [-0.2, 0) is 11.2 Å². The Balaban J connectivity index is 1.13. The number of halogens is 2. The van der Waals surface area contributed by atoms with Gasteiger partial charge in [-0.1, -0.05) is 24.3 Å². The van der Waals surface area contributed by atoms with Gasteiger partial charge in [0.15, 0.2) is 0 Å². The van der Waals surface area contributed by atoms with Crippen LogP contribution in [-0.4, -0.2) is 45.4 Å². The van der Waals surface area contributed by atoms with Gasteiger partial charge in [0.05, 0.1) is 18.6 Å². The molecule has 6 rings (SSSR count). The van der Waals surface area contributed by atoms with Crippen LogP contribution in [0.25, 0.3) is 16.6 Å². The second kappa shape index (κ2) is 10.3. The molecule has 1 amide bonds. The number of para-hydroxylation sites is 1. The summed E-state index contributed by atoms with van der Waals surface area (Å²) in [5.41, 5.74) is 5.35. The maximum Gasteiger partial charge on any atom is 0.272 e. The Morgan fingerprint density at radius 3 is 2.45 bits per heavy atom. The first-order valence-corrected chi connectivity index (χ1v) is 13.5. The topological polar surface area (TPSA) is 50.2 Å². The molecule has 5 nitrogen and oxygen atoms in total. The number of carbonyl (C=O) groups excluding carboxylic acids is 1. The molecule has 4 aromatic rings. The standard InChI is InChI=1S/C31H32F2N4O/c32-31(33)20-36(21-31)25-12-8-23(9-13-25)28-19-37(29-6-2-1-5-27(28)29)26-14-10-24(11-15-26)35-30(38)16-7-22-4-3-17-34-18-22/h1-6,10-11,14-15,17-19,23,25H,7-9,12-13,16,20-21H2,(H,35,38). The number of carbonyl (C=O) groups is 1. The minimum atomic E-state index is -2.50. The van der Waals surface area contributed by atoms with E-state index in [0.717, 1.165) is 48.1 Å². The lowest BCUT2D eigenvalue weighted by Crippen LogP contribution is -2.60. The molecule has 1 N–H and O–H groups in total. The zero-order valence-corrected chi connectivity index (χ0v) is 21.3. The number of hydrogen-bond donors (Lipinski definition) is 1. The molecule has 0 radical (unpaired) electrons. The average Bonchev–Trinajstić information content (AvgIpc) is 3.31. The van der Waals surface area contributed by atoms with Gasteiger partial charge in [0.2, 0.25) is 5.91 Å². The molecule has 1 saturated carbocycles. The molecule has 7 heteroatoms. The third-order valence-electron chi connectivity index (χ3n) is 8.06. The molecule has 2 fully saturated rings. The van der Waals surface area contributed by atoms with E-state index in [0.29, 0.717) is 18.8 Å². The molecule has 3 heterocycles. The summed E-state index contributed by atoms with van der Waals surface area (Å²) in [6, 6.07) is 20.6. The number of pyridine rings is 1. The molecule has 38 heavy (non-hydrogen) atoms. The molecular formula is C31H32F2N4O. The zero-order valence-electron chi connectivity index (χ0n) is 21.3. The van der Waals surface area contributed by atoms with Crippen LogP contribution in [0.5, 0.6) is 0 Å². The Bertz CT molecular complexity index is 1400. The van der Waals surface area contributed by atoms with E-state index in [1.54, 1.807) is 12.4 Å². The number of likely N-dealkylation sites (tertiary alicyclic amines) is 1. The van der Waals surface area contributed by atoms with E-state index in [1.807, 2.05) is 41.3 Å². The first-order valence-electron chi connectivity index (χ1n) is 13.5. The number of nitrogens with zero attached hydrogens (tertiary/aromatic N) is 3. The van der Waals surface area contributed by atoms with Gasteiger partial charge in [0.25, 0.3) is 5.92 Å². The van der Waals surface area contributed by atoms with Crippen LogP contribution >= 0.6 is 0 Å². The van der Waals surface area contributed by atoms with Crippen molar-refractivity contribution in [2.75, 3.05) is 18.4 Å². The fourth-order valence-electron chi connectivity index (χ4n) is 6.04. The number of benzene rings is 2. The molecule has 1 saturated heterocycles. The lowest BCUT2D eigenvalue weighted by atomic mass is 9.80. The third-order valence-corrected chi connectivity index (χ3v) is 8.06. The van der Waals surface area contributed by atoms with E-state index < -0.39 is 5.92 Å². The van der Waals surface area contributed by atoms with Gasteiger partial charge in [-0.2, -0.15) is 0 Å². The second-order valence-corrected chi connectivity index (χ2v) is 10.7. The SMILES string of the molecule is O=C(CCc1cccnc1)Nc1ccc(-n2cc(C3CCC(N4CC(F)(F)C4)CC3)c3ccccc32)cc1. The number of aromatic nitrogens is 2. The number of fused-ring (bicyclic) bond motifs is 1. The lowest BCUT2D eigenvalue weighted by molar-refractivity contribution is -0.150. The molecule has 0 unspecified atom stereocenters. The fraction of sp³-hybridized carbons (Fsp3) is 0.355. The van der Waals surface area contributed by atoms with Crippen LogP contribution in [0.15, 0.2) is 79.3 Å². The summed E-state index contributed by atoms with van der Waals surface area (Å²) in [6.45, 7) is -0.162. The number of nitrogens with one attached hydrogen (secondary N) is 1. The minimum absolute atomic E-state index is 0.0205. The van der Waals surface area contributed by atoms with Crippen LogP contribution in [0.4, 0.5) is 14.5 Å².